The highest BCUT2D eigenvalue weighted by Crippen LogP contribution is 2.12. The number of aliphatic carboxylic acids is 4. The van der Waals surface area contributed by atoms with Gasteiger partial charge >= 0.3 is 29.9 Å². The van der Waals surface area contributed by atoms with Gasteiger partial charge in [-0.05, 0) is 43.4 Å². The zero-order chi connectivity index (χ0) is 30.9. The Labute approximate surface area is 234 Å². The lowest BCUT2D eigenvalue weighted by molar-refractivity contribution is -0.141. The number of rotatable bonds is 19. The van der Waals surface area contributed by atoms with Crippen LogP contribution in [0.15, 0.2) is 24.3 Å². The number of benzene rings is 1. The molecule has 16 heteroatoms. The van der Waals surface area contributed by atoms with Gasteiger partial charge in [-0.2, -0.15) is 0 Å². The SMILES string of the molecule is O=C(O)CCC(=O)N[C@@H](Cc1ccc(O)cc1)C(=O)NCCCC[C@H](NC(=O)N[C@@H](CCC(=O)O)C(=O)O)C(=O)O. The number of carboxylic acid groups (broad SMARTS) is 4. The second-order valence-electron chi connectivity index (χ2n) is 9.00. The van der Waals surface area contributed by atoms with Crippen molar-refractivity contribution in [3.8, 4) is 5.75 Å². The zero-order valence-electron chi connectivity index (χ0n) is 22.0. The molecule has 9 N–H and O–H groups in total. The van der Waals surface area contributed by atoms with E-state index in [9.17, 15) is 43.8 Å². The van der Waals surface area contributed by atoms with E-state index in [1.54, 1.807) is 12.1 Å². The van der Waals surface area contributed by atoms with Gasteiger partial charge in [0.1, 0.15) is 23.9 Å². The van der Waals surface area contributed by atoms with Crippen molar-refractivity contribution < 1.29 is 59.1 Å². The van der Waals surface area contributed by atoms with Crippen molar-refractivity contribution >= 4 is 41.7 Å². The number of phenols is 1. The van der Waals surface area contributed by atoms with Crippen LogP contribution in [0.5, 0.6) is 5.75 Å². The molecular formula is C25H34N4O12. The lowest BCUT2D eigenvalue weighted by Gasteiger charge is -2.19. The summed E-state index contributed by atoms with van der Waals surface area (Å²) in [7, 11) is 0. The zero-order valence-corrected chi connectivity index (χ0v) is 22.0. The van der Waals surface area contributed by atoms with Crippen LogP contribution in [0.4, 0.5) is 4.79 Å². The third kappa shape index (κ3) is 14.7. The minimum atomic E-state index is -1.53. The van der Waals surface area contributed by atoms with Crippen molar-refractivity contribution in [3.63, 3.8) is 0 Å². The molecule has 0 aromatic heterocycles. The van der Waals surface area contributed by atoms with Gasteiger partial charge < -0.3 is 46.8 Å². The van der Waals surface area contributed by atoms with E-state index >= 15 is 0 Å². The number of hydrogen-bond donors (Lipinski definition) is 9. The molecule has 0 saturated carbocycles. The second-order valence-corrected chi connectivity index (χ2v) is 9.00. The molecule has 0 heterocycles. The van der Waals surface area contributed by atoms with Crippen molar-refractivity contribution in [1.82, 2.24) is 21.3 Å². The number of urea groups is 1. The number of aromatic hydroxyl groups is 1. The van der Waals surface area contributed by atoms with E-state index < -0.39 is 79.1 Å². The molecule has 0 saturated heterocycles. The number of carbonyl (C=O) groups excluding carboxylic acids is 3. The molecule has 0 aliphatic heterocycles. The maximum Gasteiger partial charge on any atom is 0.326 e. The van der Waals surface area contributed by atoms with Crippen LogP contribution in [-0.2, 0) is 35.2 Å². The van der Waals surface area contributed by atoms with Crippen LogP contribution in [0.3, 0.4) is 0 Å². The number of phenolic OH excluding ortho intramolecular Hbond substituents is 1. The van der Waals surface area contributed by atoms with Crippen LogP contribution in [-0.4, -0.2) is 91.9 Å². The van der Waals surface area contributed by atoms with Gasteiger partial charge in [0, 0.05) is 25.8 Å². The molecule has 41 heavy (non-hydrogen) atoms. The van der Waals surface area contributed by atoms with Crippen molar-refractivity contribution in [2.75, 3.05) is 6.54 Å². The van der Waals surface area contributed by atoms with Gasteiger partial charge in [0.15, 0.2) is 0 Å². The summed E-state index contributed by atoms with van der Waals surface area (Å²) in [6.45, 7) is 0.0741. The molecule has 4 amide bonds. The standard InChI is InChI=1S/C25H34N4O12/c30-15-6-4-14(5-7-15)13-18(27-19(31)9-11-21(34)35)22(36)26-12-2-1-3-16(23(37)38)28-25(41)29-17(24(39)40)8-10-20(32)33/h4-7,16-18,30H,1-3,8-13H2,(H,26,36)(H,27,31)(H,32,33)(H,34,35)(H,37,38)(H,39,40)(H2,28,29,41)/t16-,17-,18-/m0/s1. The molecule has 226 valence electrons. The predicted molar refractivity (Wildman–Crippen MR) is 139 cm³/mol. The summed E-state index contributed by atoms with van der Waals surface area (Å²) in [5.74, 6) is -6.52. The van der Waals surface area contributed by atoms with Crippen LogP contribution in [0.1, 0.15) is 50.5 Å². The lowest BCUT2D eigenvalue weighted by Crippen LogP contribution is -2.51. The average Bonchev–Trinajstić information content (AvgIpc) is 2.89. The largest absolute Gasteiger partial charge is 0.508 e. The van der Waals surface area contributed by atoms with E-state index in [-0.39, 0.29) is 44.4 Å². The third-order valence-corrected chi connectivity index (χ3v) is 5.67. The van der Waals surface area contributed by atoms with Gasteiger partial charge in [0.25, 0.3) is 0 Å². The first kappa shape index (κ1) is 34.1. The summed E-state index contributed by atoms with van der Waals surface area (Å²) in [4.78, 5) is 81.1. The van der Waals surface area contributed by atoms with Crippen LogP contribution >= 0.6 is 0 Å². The molecule has 0 radical (unpaired) electrons. The molecule has 1 aromatic carbocycles. The van der Waals surface area contributed by atoms with E-state index in [0.717, 1.165) is 0 Å². The summed E-state index contributed by atoms with van der Waals surface area (Å²) >= 11 is 0. The molecule has 0 spiro atoms. The number of hydrogen-bond acceptors (Lipinski definition) is 8. The van der Waals surface area contributed by atoms with Crippen molar-refractivity contribution in [3.05, 3.63) is 29.8 Å². The van der Waals surface area contributed by atoms with Gasteiger partial charge in [0.05, 0.1) is 6.42 Å². The van der Waals surface area contributed by atoms with E-state index in [0.29, 0.717) is 5.56 Å². The van der Waals surface area contributed by atoms with Crippen LogP contribution in [0, 0.1) is 0 Å². The molecule has 1 aromatic rings. The summed E-state index contributed by atoms with van der Waals surface area (Å²) in [5, 5.41) is 54.6. The monoisotopic (exact) mass is 582 g/mol. The lowest BCUT2D eigenvalue weighted by atomic mass is 10.0. The third-order valence-electron chi connectivity index (χ3n) is 5.67. The minimum absolute atomic E-state index is 0.00627. The molecule has 1 rings (SSSR count). The smallest absolute Gasteiger partial charge is 0.326 e. The first-order chi connectivity index (χ1) is 19.3. The topological polar surface area (TPSA) is 269 Å². The fourth-order valence-corrected chi connectivity index (χ4v) is 3.51. The molecule has 0 fully saturated rings. The van der Waals surface area contributed by atoms with Gasteiger partial charge in [0.2, 0.25) is 11.8 Å². The second kappa shape index (κ2) is 17.6. The van der Waals surface area contributed by atoms with Gasteiger partial charge in [-0.15, -0.1) is 0 Å². The Bertz CT molecular complexity index is 1090. The Hall–Kier alpha value is -4.89. The quantitative estimate of drug-likeness (QED) is 0.0947. The maximum absolute atomic E-state index is 12.8. The summed E-state index contributed by atoms with van der Waals surface area (Å²) in [5.41, 5.74) is 0.614. The highest BCUT2D eigenvalue weighted by molar-refractivity contribution is 5.89. The highest BCUT2D eigenvalue weighted by Gasteiger charge is 2.25. The molecule has 0 bridgehead atoms. The normalized spacial score (nSPS) is 12.7. The van der Waals surface area contributed by atoms with Crippen LogP contribution in [0.2, 0.25) is 0 Å². The van der Waals surface area contributed by atoms with E-state index in [1.807, 2.05) is 5.32 Å². The molecule has 0 unspecified atom stereocenters. The fourth-order valence-electron chi connectivity index (χ4n) is 3.51. The summed E-state index contributed by atoms with van der Waals surface area (Å²) < 4.78 is 0. The Morgan fingerprint density at radius 3 is 1.76 bits per heavy atom. The first-order valence-electron chi connectivity index (χ1n) is 12.6. The van der Waals surface area contributed by atoms with Crippen molar-refractivity contribution in [1.29, 1.82) is 0 Å². The number of carbonyl (C=O) groups is 7. The average molecular weight is 583 g/mol. The number of nitrogens with one attached hydrogen (secondary N) is 4. The maximum atomic E-state index is 12.8. The fraction of sp³-hybridized carbons (Fsp3) is 0.480. The van der Waals surface area contributed by atoms with Crippen LogP contribution < -0.4 is 21.3 Å². The number of carboxylic acids is 4. The van der Waals surface area contributed by atoms with E-state index in [1.165, 1.54) is 12.1 Å². The number of unbranched alkanes of at least 4 members (excludes halogenated alkanes) is 1. The first-order valence-corrected chi connectivity index (χ1v) is 12.6. The number of amides is 4. The van der Waals surface area contributed by atoms with Crippen molar-refractivity contribution in [2.45, 2.75) is 69.5 Å². The Kier molecular flexibility index (Phi) is 14.7. The van der Waals surface area contributed by atoms with Gasteiger partial charge in [-0.3, -0.25) is 19.2 Å². The Morgan fingerprint density at radius 1 is 0.659 bits per heavy atom. The van der Waals surface area contributed by atoms with E-state index in [2.05, 4.69) is 16.0 Å². The highest BCUT2D eigenvalue weighted by atomic mass is 16.4. The Balaban J connectivity index is 2.62. The van der Waals surface area contributed by atoms with Gasteiger partial charge in [-0.25, -0.2) is 14.4 Å². The summed E-state index contributed by atoms with van der Waals surface area (Å²) in [6.07, 6.45) is -1.21. The molecule has 3 atom stereocenters. The molecule has 16 nitrogen and oxygen atoms in total. The van der Waals surface area contributed by atoms with Crippen molar-refractivity contribution in [2.24, 2.45) is 0 Å². The Morgan fingerprint density at radius 2 is 1.22 bits per heavy atom. The molecular weight excluding hydrogens is 548 g/mol. The van der Waals surface area contributed by atoms with E-state index in [4.69, 9.17) is 15.3 Å². The molecule has 0 aliphatic carbocycles. The molecule has 0 aliphatic rings. The van der Waals surface area contributed by atoms with Gasteiger partial charge in [-0.1, -0.05) is 12.1 Å². The summed E-state index contributed by atoms with van der Waals surface area (Å²) in [6, 6.07) is 0.840. The minimum Gasteiger partial charge on any atom is -0.508 e. The van der Waals surface area contributed by atoms with Crippen LogP contribution in [0.25, 0.3) is 0 Å². The predicted octanol–water partition coefficient (Wildman–Crippen LogP) is -0.359.